The van der Waals surface area contributed by atoms with Crippen molar-refractivity contribution in [2.45, 2.75) is 50.8 Å². The second kappa shape index (κ2) is 5.41. The van der Waals surface area contributed by atoms with Gasteiger partial charge in [-0.3, -0.25) is 5.10 Å². The van der Waals surface area contributed by atoms with Gasteiger partial charge in [-0.25, -0.2) is 4.98 Å². The zero-order chi connectivity index (χ0) is 11.4. The number of ether oxygens (including phenoxy) is 1. The highest BCUT2D eigenvalue weighted by Crippen LogP contribution is 2.22. The van der Waals surface area contributed by atoms with E-state index in [1.54, 1.807) is 13.4 Å². The van der Waals surface area contributed by atoms with Crippen LogP contribution in [0.25, 0.3) is 0 Å². The summed E-state index contributed by atoms with van der Waals surface area (Å²) in [5.74, 6) is 0.889. The Kier molecular flexibility index (Phi) is 3.90. The summed E-state index contributed by atoms with van der Waals surface area (Å²) in [6.07, 6.45) is 6.75. The third-order valence-electron chi connectivity index (χ3n) is 3.31. The summed E-state index contributed by atoms with van der Waals surface area (Å²) < 4.78 is 5.51. The van der Waals surface area contributed by atoms with Crippen LogP contribution in [0.4, 0.5) is 0 Å². The zero-order valence-electron chi connectivity index (χ0n) is 9.94. The minimum Gasteiger partial charge on any atom is -0.380 e. The fourth-order valence-electron chi connectivity index (χ4n) is 2.39. The average Bonchev–Trinajstić information content (AvgIpc) is 2.83. The molecule has 3 atom stereocenters. The topological polar surface area (TPSA) is 62.8 Å². The number of methoxy groups -OCH3 is 1. The second-order valence-corrected chi connectivity index (χ2v) is 4.42. The van der Waals surface area contributed by atoms with Gasteiger partial charge >= 0.3 is 0 Å². The quantitative estimate of drug-likeness (QED) is 0.811. The standard InChI is InChI=1S/C11H20N4O/c1-8(11-12-7-13-15-11)14-9-5-3-4-6-10(9)16-2/h7-10,14H,3-6H2,1-2H3,(H,12,13,15). The van der Waals surface area contributed by atoms with Crippen molar-refractivity contribution < 1.29 is 4.74 Å². The Morgan fingerprint density at radius 1 is 1.50 bits per heavy atom. The van der Waals surface area contributed by atoms with E-state index in [4.69, 9.17) is 4.74 Å². The zero-order valence-corrected chi connectivity index (χ0v) is 9.94. The van der Waals surface area contributed by atoms with Crippen molar-refractivity contribution in [3.8, 4) is 0 Å². The molecule has 0 bridgehead atoms. The van der Waals surface area contributed by atoms with Crippen molar-refractivity contribution in [2.75, 3.05) is 7.11 Å². The van der Waals surface area contributed by atoms with E-state index in [1.165, 1.54) is 19.3 Å². The summed E-state index contributed by atoms with van der Waals surface area (Å²) in [6, 6.07) is 0.627. The Balaban J connectivity index is 1.92. The number of nitrogens with one attached hydrogen (secondary N) is 2. The molecule has 1 aromatic rings. The molecule has 0 aromatic carbocycles. The minimum absolute atomic E-state index is 0.197. The minimum atomic E-state index is 0.197. The van der Waals surface area contributed by atoms with Gasteiger partial charge in [-0.05, 0) is 19.8 Å². The van der Waals surface area contributed by atoms with Gasteiger partial charge in [0.15, 0.2) is 0 Å². The van der Waals surface area contributed by atoms with Gasteiger partial charge in [0.25, 0.3) is 0 Å². The van der Waals surface area contributed by atoms with Crippen LogP contribution >= 0.6 is 0 Å². The second-order valence-electron chi connectivity index (χ2n) is 4.42. The molecular formula is C11H20N4O. The van der Waals surface area contributed by atoms with Crippen LogP contribution in [0.5, 0.6) is 0 Å². The van der Waals surface area contributed by atoms with Crippen LogP contribution in [-0.2, 0) is 4.74 Å². The van der Waals surface area contributed by atoms with Crippen LogP contribution < -0.4 is 5.32 Å². The summed E-state index contributed by atoms with van der Waals surface area (Å²) in [7, 11) is 1.80. The van der Waals surface area contributed by atoms with Crippen LogP contribution in [0.1, 0.15) is 44.5 Å². The largest absolute Gasteiger partial charge is 0.380 e. The predicted octanol–water partition coefficient (Wildman–Crippen LogP) is 1.41. The molecule has 2 N–H and O–H groups in total. The molecule has 0 aliphatic heterocycles. The first-order valence-electron chi connectivity index (χ1n) is 5.95. The van der Waals surface area contributed by atoms with Crippen molar-refractivity contribution in [3.05, 3.63) is 12.2 Å². The lowest BCUT2D eigenvalue weighted by molar-refractivity contribution is 0.0380. The van der Waals surface area contributed by atoms with Crippen LogP contribution in [0.15, 0.2) is 6.33 Å². The highest BCUT2D eigenvalue weighted by atomic mass is 16.5. The Labute approximate surface area is 96.0 Å². The van der Waals surface area contributed by atoms with Crippen LogP contribution in [0, 0.1) is 0 Å². The molecule has 1 heterocycles. The normalized spacial score (nSPS) is 27.9. The number of rotatable bonds is 4. The van der Waals surface area contributed by atoms with Crippen molar-refractivity contribution in [1.82, 2.24) is 20.5 Å². The van der Waals surface area contributed by atoms with Crippen LogP contribution in [0.2, 0.25) is 0 Å². The molecule has 0 spiro atoms. The molecule has 1 aliphatic rings. The van der Waals surface area contributed by atoms with Gasteiger partial charge in [-0.2, -0.15) is 5.10 Å². The monoisotopic (exact) mass is 224 g/mol. The highest BCUT2D eigenvalue weighted by molar-refractivity contribution is 4.92. The molecular weight excluding hydrogens is 204 g/mol. The molecule has 1 saturated carbocycles. The summed E-state index contributed by atoms with van der Waals surface area (Å²) in [4.78, 5) is 4.16. The van der Waals surface area contributed by atoms with Crippen molar-refractivity contribution in [1.29, 1.82) is 0 Å². The molecule has 5 nitrogen and oxygen atoms in total. The predicted molar refractivity (Wildman–Crippen MR) is 61.0 cm³/mol. The Morgan fingerprint density at radius 2 is 2.31 bits per heavy atom. The molecule has 0 radical (unpaired) electrons. The Hall–Kier alpha value is -0.940. The smallest absolute Gasteiger partial charge is 0.141 e. The highest BCUT2D eigenvalue weighted by Gasteiger charge is 2.26. The van der Waals surface area contributed by atoms with Crippen LogP contribution in [0.3, 0.4) is 0 Å². The number of hydrogen-bond acceptors (Lipinski definition) is 4. The van der Waals surface area contributed by atoms with Crippen molar-refractivity contribution in [2.24, 2.45) is 0 Å². The van der Waals surface area contributed by atoms with E-state index in [2.05, 4.69) is 27.4 Å². The molecule has 90 valence electrons. The van der Waals surface area contributed by atoms with E-state index in [1.807, 2.05) is 0 Å². The number of H-pyrrole nitrogens is 1. The van der Waals surface area contributed by atoms with E-state index in [0.717, 1.165) is 12.2 Å². The first-order valence-corrected chi connectivity index (χ1v) is 5.95. The summed E-state index contributed by atoms with van der Waals surface area (Å²) in [6.45, 7) is 2.10. The molecule has 5 heteroatoms. The number of nitrogens with zero attached hydrogens (tertiary/aromatic N) is 2. The number of hydrogen-bond donors (Lipinski definition) is 2. The van der Waals surface area contributed by atoms with Gasteiger partial charge in [0.2, 0.25) is 0 Å². The fraction of sp³-hybridized carbons (Fsp3) is 0.818. The summed E-state index contributed by atoms with van der Waals surface area (Å²) >= 11 is 0. The van der Waals surface area contributed by atoms with E-state index in [0.29, 0.717) is 12.1 Å². The van der Waals surface area contributed by atoms with Crippen molar-refractivity contribution >= 4 is 0 Å². The van der Waals surface area contributed by atoms with Gasteiger partial charge in [0.1, 0.15) is 12.2 Å². The van der Waals surface area contributed by atoms with E-state index >= 15 is 0 Å². The Bertz CT molecular complexity index is 301. The molecule has 1 aliphatic carbocycles. The van der Waals surface area contributed by atoms with E-state index < -0.39 is 0 Å². The third kappa shape index (κ3) is 2.59. The SMILES string of the molecule is COC1CCCCC1NC(C)c1ncn[nH]1. The molecule has 1 fully saturated rings. The molecule has 3 unspecified atom stereocenters. The van der Waals surface area contributed by atoms with Gasteiger partial charge < -0.3 is 10.1 Å². The maximum absolute atomic E-state index is 5.51. The maximum atomic E-state index is 5.51. The number of aromatic amines is 1. The lowest BCUT2D eigenvalue weighted by Crippen LogP contribution is -2.44. The first kappa shape index (κ1) is 11.5. The molecule has 1 aromatic heterocycles. The lowest BCUT2D eigenvalue weighted by atomic mass is 9.92. The van der Waals surface area contributed by atoms with Crippen LogP contribution in [-0.4, -0.2) is 34.4 Å². The molecule has 0 amide bonds. The molecule has 0 saturated heterocycles. The lowest BCUT2D eigenvalue weighted by Gasteiger charge is -2.32. The number of aromatic nitrogens is 3. The summed E-state index contributed by atoms with van der Waals surface area (Å²) in [5.41, 5.74) is 0. The third-order valence-corrected chi connectivity index (χ3v) is 3.31. The average molecular weight is 224 g/mol. The van der Waals surface area contributed by atoms with Gasteiger partial charge in [-0.1, -0.05) is 12.8 Å². The summed E-state index contributed by atoms with van der Waals surface area (Å²) in [5, 5.41) is 10.3. The molecule has 16 heavy (non-hydrogen) atoms. The van der Waals surface area contributed by atoms with E-state index in [9.17, 15) is 0 Å². The van der Waals surface area contributed by atoms with Gasteiger partial charge in [-0.15, -0.1) is 0 Å². The molecule has 2 rings (SSSR count). The van der Waals surface area contributed by atoms with Crippen molar-refractivity contribution in [3.63, 3.8) is 0 Å². The fourth-order valence-corrected chi connectivity index (χ4v) is 2.39. The maximum Gasteiger partial charge on any atom is 0.141 e. The first-order chi connectivity index (χ1) is 7.81. The van der Waals surface area contributed by atoms with Gasteiger partial charge in [0.05, 0.1) is 12.1 Å². The van der Waals surface area contributed by atoms with Gasteiger partial charge in [0, 0.05) is 13.2 Å². The van der Waals surface area contributed by atoms with E-state index in [-0.39, 0.29) is 6.04 Å². The Morgan fingerprint density at radius 3 is 3.00 bits per heavy atom.